The van der Waals surface area contributed by atoms with Gasteiger partial charge in [0.25, 0.3) is 0 Å². The number of rotatable bonds is 4. The second kappa shape index (κ2) is 12.0. The molecule has 1 amide bonds. The number of ether oxygens (including phenoxy) is 1. The van der Waals surface area contributed by atoms with Crippen LogP contribution in [-0.4, -0.2) is 64.7 Å². The van der Waals surface area contributed by atoms with Gasteiger partial charge in [-0.1, -0.05) is 18.6 Å². The summed E-state index contributed by atoms with van der Waals surface area (Å²) in [6, 6.07) is 9.22. The Kier molecular flexibility index (Phi) is 8.60. The fourth-order valence-electron chi connectivity index (χ4n) is 5.07. The zero-order chi connectivity index (χ0) is 22.0. The zero-order valence-corrected chi connectivity index (χ0v) is 19.3. The number of fused-ring (bicyclic) bond motifs is 3. The molecule has 4 rings (SSSR count). The van der Waals surface area contributed by atoms with Crippen molar-refractivity contribution in [2.24, 2.45) is 0 Å². The monoisotopic (exact) mass is 438 g/mol. The first-order chi connectivity index (χ1) is 15.8. The van der Waals surface area contributed by atoms with Crippen LogP contribution in [0.3, 0.4) is 0 Å². The molecule has 3 heterocycles. The van der Waals surface area contributed by atoms with Gasteiger partial charge in [-0.15, -0.1) is 0 Å². The molecule has 2 aliphatic heterocycles. The predicted octanol–water partition coefficient (Wildman–Crippen LogP) is 4.22. The van der Waals surface area contributed by atoms with Crippen LogP contribution in [0, 0.1) is 0 Å². The van der Waals surface area contributed by atoms with E-state index in [1.807, 2.05) is 23.4 Å². The van der Waals surface area contributed by atoms with Crippen molar-refractivity contribution >= 4 is 5.91 Å². The van der Waals surface area contributed by atoms with Crippen molar-refractivity contribution in [3.05, 3.63) is 47.8 Å². The van der Waals surface area contributed by atoms with E-state index in [2.05, 4.69) is 33.3 Å². The maximum Gasteiger partial charge on any atom is 0.222 e. The number of nitrogens with zero attached hydrogens (tertiary/aromatic N) is 3. The maximum atomic E-state index is 13.0. The van der Waals surface area contributed by atoms with Crippen LogP contribution in [0.5, 0.6) is 5.75 Å². The Balaban J connectivity index is 1.36. The van der Waals surface area contributed by atoms with E-state index in [-0.39, 0.29) is 5.91 Å². The third kappa shape index (κ3) is 6.83. The molecule has 1 N–H and O–H groups in total. The van der Waals surface area contributed by atoms with Crippen molar-refractivity contribution < 1.29 is 9.53 Å². The summed E-state index contributed by atoms with van der Waals surface area (Å²) in [5.41, 5.74) is 2.52. The molecule has 1 aromatic carbocycles. The predicted molar refractivity (Wildman–Crippen MR) is 127 cm³/mol. The van der Waals surface area contributed by atoms with Gasteiger partial charge in [0.15, 0.2) is 0 Å². The van der Waals surface area contributed by atoms with Crippen LogP contribution in [0.25, 0.3) is 0 Å². The summed E-state index contributed by atoms with van der Waals surface area (Å²) in [5, 5.41) is 6.83. The largest absolute Gasteiger partial charge is 0.492 e. The molecule has 0 saturated carbocycles. The van der Waals surface area contributed by atoms with Gasteiger partial charge >= 0.3 is 0 Å². The maximum absolute atomic E-state index is 13.0. The van der Waals surface area contributed by atoms with Crippen molar-refractivity contribution in [3.8, 4) is 5.75 Å². The van der Waals surface area contributed by atoms with E-state index in [1.54, 1.807) is 0 Å². The fraction of sp³-hybridized carbons (Fsp3) is 0.615. The average Bonchev–Trinajstić information content (AvgIpc) is 3.33. The lowest BCUT2D eigenvalue weighted by Crippen LogP contribution is -2.40. The van der Waals surface area contributed by atoms with E-state index in [0.717, 1.165) is 56.5 Å². The molecule has 6 heteroatoms. The van der Waals surface area contributed by atoms with Gasteiger partial charge in [0.1, 0.15) is 12.4 Å². The zero-order valence-electron chi connectivity index (χ0n) is 19.3. The second-order valence-electron chi connectivity index (χ2n) is 9.27. The quantitative estimate of drug-likeness (QED) is 0.776. The summed E-state index contributed by atoms with van der Waals surface area (Å²) in [5.74, 6) is 1.16. The Bertz CT molecular complexity index is 823. The number of carbonyl (C=O) groups excluding carboxylic acids is 1. The van der Waals surface area contributed by atoms with Crippen LogP contribution < -0.4 is 4.74 Å². The van der Waals surface area contributed by atoms with E-state index < -0.39 is 0 Å². The number of piperidine rings is 1. The van der Waals surface area contributed by atoms with E-state index in [9.17, 15) is 4.79 Å². The van der Waals surface area contributed by atoms with Crippen molar-refractivity contribution in [2.75, 3.05) is 32.8 Å². The smallest absolute Gasteiger partial charge is 0.222 e. The third-order valence-electron chi connectivity index (χ3n) is 6.93. The summed E-state index contributed by atoms with van der Waals surface area (Å²) < 4.78 is 6.06. The fourth-order valence-corrected chi connectivity index (χ4v) is 5.07. The van der Waals surface area contributed by atoms with E-state index in [4.69, 9.17) is 4.74 Å². The summed E-state index contributed by atoms with van der Waals surface area (Å²) in [4.78, 5) is 17.7. The third-order valence-corrected chi connectivity index (χ3v) is 6.93. The van der Waals surface area contributed by atoms with Gasteiger partial charge in [0.05, 0.1) is 12.7 Å². The number of hydrogen-bond acceptors (Lipinski definition) is 4. The molecule has 2 aromatic rings. The molecular weight excluding hydrogens is 400 g/mol. The summed E-state index contributed by atoms with van der Waals surface area (Å²) in [7, 11) is 0. The first-order valence-corrected chi connectivity index (χ1v) is 12.5. The highest BCUT2D eigenvalue weighted by Gasteiger charge is 2.22. The number of aromatic nitrogens is 2. The van der Waals surface area contributed by atoms with Crippen LogP contribution in [-0.2, 0) is 17.6 Å². The normalized spacial score (nSPS) is 21.1. The van der Waals surface area contributed by atoms with Gasteiger partial charge in [0.2, 0.25) is 5.91 Å². The van der Waals surface area contributed by atoms with Crippen molar-refractivity contribution in [3.63, 3.8) is 0 Å². The highest BCUT2D eigenvalue weighted by molar-refractivity contribution is 5.76. The molecule has 1 atom stereocenters. The number of aromatic amines is 1. The van der Waals surface area contributed by atoms with E-state index in [0.29, 0.717) is 25.6 Å². The van der Waals surface area contributed by atoms with Gasteiger partial charge in [-0.05, 0) is 87.7 Å². The molecule has 1 fully saturated rings. The molecule has 0 aliphatic carbocycles. The van der Waals surface area contributed by atoms with Gasteiger partial charge in [0, 0.05) is 25.2 Å². The molecular formula is C26H38N4O2. The summed E-state index contributed by atoms with van der Waals surface area (Å²) >= 11 is 0. The minimum Gasteiger partial charge on any atom is -0.492 e. The number of benzene rings is 1. The lowest BCUT2D eigenvalue weighted by Gasteiger charge is -2.36. The lowest BCUT2D eigenvalue weighted by atomic mass is 9.95. The Morgan fingerprint density at radius 2 is 1.97 bits per heavy atom. The molecule has 0 spiro atoms. The Morgan fingerprint density at radius 3 is 2.84 bits per heavy atom. The Morgan fingerprint density at radius 1 is 1.09 bits per heavy atom. The molecule has 6 nitrogen and oxygen atoms in total. The number of hydrogen-bond donors (Lipinski definition) is 1. The van der Waals surface area contributed by atoms with Gasteiger partial charge < -0.3 is 14.5 Å². The minimum atomic E-state index is 0.242. The number of H-pyrrole nitrogens is 1. The van der Waals surface area contributed by atoms with Crippen LogP contribution in [0.1, 0.15) is 62.5 Å². The molecule has 1 aromatic heterocycles. The van der Waals surface area contributed by atoms with Crippen molar-refractivity contribution in [1.82, 2.24) is 20.0 Å². The van der Waals surface area contributed by atoms with Crippen LogP contribution >= 0.6 is 0 Å². The topological polar surface area (TPSA) is 61.5 Å². The number of nitrogens with one attached hydrogen (secondary N) is 1. The number of aryl methyl sites for hydroxylation is 2. The minimum absolute atomic E-state index is 0.242. The highest BCUT2D eigenvalue weighted by Crippen LogP contribution is 2.23. The molecule has 32 heavy (non-hydrogen) atoms. The highest BCUT2D eigenvalue weighted by atomic mass is 16.5. The molecule has 2 aliphatic rings. The SMILES string of the molecule is O=C(CCCc1cn[nH]c1)N1CCCCN2CCCCC2CCc2cccc(c2)OCC1. The number of carbonyl (C=O) groups is 1. The van der Waals surface area contributed by atoms with Gasteiger partial charge in [-0.25, -0.2) is 0 Å². The Labute approximate surface area is 192 Å². The summed E-state index contributed by atoms with van der Waals surface area (Å²) in [6.07, 6.45) is 14.6. The molecule has 0 radical (unpaired) electrons. The molecule has 1 unspecified atom stereocenters. The van der Waals surface area contributed by atoms with Crippen LogP contribution in [0.4, 0.5) is 0 Å². The number of amides is 1. The van der Waals surface area contributed by atoms with E-state index >= 15 is 0 Å². The molecule has 1 saturated heterocycles. The Hall–Kier alpha value is -2.34. The summed E-state index contributed by atoms with van der Waals surface area (Å²) in [6.45, 7) is 4.41. The van der Waals surface area contributed by atoms with Gasteiger partial charge in [-0.2, -0.15) is 5.10 Å². The van der Waals surface area contributed by atoms with E-state index in [1.165, 1.54) is 37.8 Å². The van der Waals surface area contributed by atoms with Crippen molar-refractivity contribution in [2.45, 2.75) is 70.3 Å². The van der Waals surface area contributed by atoms with Crippen LogP contribution in [0.2, 0.25) is 0 Å². The van der Waals surface area contributed by atoms with Crippen molar-refractivity contribution in [1.29, 1.82) is 0 Å². The first kappa shape index (κ1) is 22.8. The lowest BCUT2D eigenvalue weighted by molar-refractivity contribution is -0.131. The second-order valence-corrected chi connectivity index (χ2v) is 9.27. The standard InChI is InChI=1S/C26H38N4O2/c31-26(11-6-8-23-20-27-28-21-23)30-16-4-3-15-29-14-2-1-9-24(29)13-12-22-7-5-10-25(19-22)32-18-17-30/h5,7,10,19-21,24H,1-4,6,8-9,11-18H2,(H,27,28). The van der Waals surface area contributed by atoms with Crippen LogP contribution in [0.15, 0.2) is 36.7 Å². The van der Waals surface area contributed by atoms with Gasteiger partial charge in [-0.3, -0.25) is 9.89 Å². The average molecular weight is 439 g/mol. The molecule has 2 bridgehead atoms. The molecule has 174 valence electrons. The first-order valence-electron chi connectivity index (χ1n) is 12.5.